The van der Waals surface area contributed by atoms with E-state index in [0.717, 1.165) is 5.56 Å². The smallest absolute Gasteiger partial charge is 0.317 e. The summed E-state index contributed by atoms with van der Waals surface area (Å²) in [6.07, 6.45) is -11.5. The lowest BCUT2D eigenvalue weighted by atomic mass is 9.74. The van der Waals surface area contributed by atoms with Gasteiger partial charge >= 0.3 is 17.9 Å². The fourth-order valence-electron chi connectivity index (χ4n) is 9.71. The molecule has 0 aliphatic carbocycles. The van der Waals surface area contributed by atoms with Crippen molar-refractivity contribution in [3.8, 4) is 0 Å². The Balaban J connectivity index is 1.70. The Morgan fingerprint density at radius 2 is 1.52 bits per heavy atom. The van der Waals surface area contributed by atoms with Gasteiger partial charge in [-0.3, -0.25) is 19.2 Å². The van der Waals surface area contributed by atoms with E-state index in [1.807, 2.05) is 32.0 Å². The molecule has 0 amide bonds. The van der Waals surface area contributed by atoms with Gasteiger partial charge in [-0.1, -0.05) is 58.0 Å². The molecule has 17 nitrogen and oxygen atoms in total. The maximum Gasteiger partial charge on any atom is 0.317 e. The van der Waals surface area contributed by atoms with Crippen LogP contribution in [-0.2, 0) is 63.7 Å². The number of ether oxygens (including phenoxy) is 8. The summed E-state index contributed by atoms with van der Waals surface area (Å²) >= 11 is 0. The number of rotatable bonds is 12. The van der Waals surface area contributed by atoms with E-state index in [-0.39, 0.29) is 38.0 Å². The predicted molar refractivity (Wildman–Crippen MR) is 231 cm³/mol. The molecule has 3 saturated heterocycles. The molecular formula is C47H75NO16. The average molecular weight is 910 g/mol. The molecule has 3 heterocycles. The number of ketones is 1. The van der Waals surface area contributed by atoms with Gasteiger partial charge < -0.3 is 63.2 Å². The van der Waals surface area contributed by atoms with E-state index in [4.69, 9.17) is 37.9 Å². The van der Waals surface area contributed by atoms with Crippen molar-refractivity contribution in [2.45, 2.75) is 192 Å². The van der Waals surface area contributed by atoms with Crippen molar-refractivity contribution in [1.29, 1.82) is 0 Å². The number of hydrogen-bond acceptors (Lipinski definition) is 17. The molecule has 4 N–H and O–H groups in total. The summed E-state index contributed by atoms with van der Waals surface area (Å²) in [5.74, 6) is -7.00. The van der Waals surface area contributed by atoms with Crippen LogP contribution in [0, 0.1) is 23.7 Å². The maximum atomic E-state index is 14.4. The number of aliphatic hydroxyl groups excluding tert-OH is 2. The number of cyclic esters (lactones) is 1. The fraction of sp³-hybridized carbons (Fsp3) is 0.787. The Morgan fingerprint density at radius 1 is 0.875 bits per heavy atom. The molecule has 1 aromatic rings. The summed E-state index contributed by atoms with van der Waals surface area (Å²) in [7, 11) is 5.09. The minimum atomic E-state index is -2.05. The first kappa shape index (κ1) is 53.5. The molecule has 3 fully saturated rings. The standard InChI is InChI=1S/C47H75NO16/c1-14-33-47(10,56)40(53)27(4)37(51)25(2)22-45(8,55)41(64-44-38(52)32(48(11)12)20-26(3)59-44)28(5)39(29(6)43(54)61-33)63-36-23-46(9,57-13)42(30(7)60-36)62-35(50)21-34(49)58-24-31-18-16-15-17-19-31/h15-19,25-30,32-33,36,38-42,44,52-53,55-56H,14,20-24H2,1-13H3/t25-,26-,27+,28+,29-,30+,32+,33-,36+,38-,39+,40-,41-,42+,44+,45-,46-,47-/m1/s1. The van der Waals surface area contributed by atoms with Crippen LogP contribution in [0.2, 0.25) is 0 Å². The molecule has 3 aliphatic rings. The SMILES string of the molecule is CC[C@H]1OC(=O)[C@H](C)[C@@H](O[C@H]2C[C@@](C)(OC)[C@@H](OC(=O)CC(=O)OCc3ccccc3)[C@H](C)O2)[C@H](C)[C@@H](O[C@@H]2O[C@H](C)C[C@H](N(C)C)[C@H]2O)[C@](C)(O)C[C@@H](C)C(=O)[C@H](C)[C@@H](O)[C@]1(C)O. The monoisotopic (exact) mass is 910 g/mol. The van der Waals surface area contributed by atoms with Gasteiger partial charge in [-0.25, -0.2) is 0 Å². The second-order valence-corrected chi connectivity index (χ2v) is 19.3. The molecule has 0 bridgehead atoms. The fourth-order valence-corrected chi connectivity index (χ4v) is 9.71. The highest BCUT2D eigenvalue weighted by Gasteiger charge is 2.54. The van der Waals surface area contributed by atoms with Crippen LogP contribution in [0.15, 0.2) is 30.3 Å². The van der Waals surface area contributed by atoms with Gasteiger partial charge in [0, 0.05) is 37.3 Å². The van der Waals surface area contributed by atoms with Crippen LogP contribution in [0.5, 0.6) is 0 Å². The van der Waals surface area contributed by atoms with Crippen LogP contribution in [0.1, 0.15) is 107 Å². The molecule has 364 valence electrons. The zero-order valence-corrected chi connectivity index (χ0v) is 39.9. The Hall–Kier alpha value is -3.10. The summed E-state index contributed by atoms with van der Waals surface area (Å²) in [6, 6.07) is 8.65. The Labute approximate surface area is 378 Å². The largest absolute Gasteiger partial charge is 0.460 e. The molecule has 0 unspecified atom stereocenters. The van der Waals surface area contributed by atoms with Crippen molar-refractivity contribution in [2.75, 3.05) is 21.2 Å². The lowest BCUT2D eigenvalue weighted by molar-refractivity contribution is -0.318. The first-order valence-corrected chi connectivity index (χ1v) is 22.5. The van der Waals surface area contributed by atoms with Crippen LogP contribution < -0.4 is 0 Å². The molecule has 0 spiro atoms. The van der Waals surface area contributed by atoms with Crippen molar-refractivity contribution < 1.29 is 77.5 Å². The molecule has 3 aliphatic heterocycles. The molecule has 18 atom stereocenters. The first-order valence-electron chi connectivity index (χ1n) is 22.5. The summed E-state index contributed by atoms with van der Waals surface area (Å²) in [5, 5.41) is 47.4. The third-order valence-corrected chi connectivity index (χ3v) is 13.6. The van der Waals surface area contributed by atoms with Crippen molar-refractivity contribution >= 4 is 23.7 Å². The molecule has 17 heteroatoms. The summed E-state index contributed by atoms with van der Waals surface area (Å²) < 4.78 is 49.0. The van der Waals surface area contributed by atoms with Crippen LogP contribution in [-0.4, -0.2) is 154 Å². The Bertz CT molecular complexity index is 1710. The van der Waals surface area contributed by atoms with Gasteiger partial charge in [0.15, 0.2) is 18.7 Å². The topological polar surface area (TPSA) is 226 Å². The number of Topliss-reactive ketones (excluding diaryl/α,β-unsaturated/α-hetero) is 1. The minimum absolute atomic E-state index is 0.0156. The van der Waals surface area contributed by atoms with Crippen molar-refractivity contribution in [2.24, 2.45) is 23.7 Å². The van der Waals surface area contributed by atoms with Gasteiger partial charge in [-0.15, -0.1) is 0 Å². The van der Waals surface area contributed by atoms with E-state index in [0.29, 0.717) is 6.42 Å². The highest BCUT2D eigenvalue weighted by Crippen LogP contribution is 2.41. The summed E-state index contributed by atoms with van der Waals surface area (Å²) in [5.41, 5.74) is -4.43. The van der Waals surface area contributed by atoms with E-state index < -0.39 is 126 Å². The van der Waals surface area contributed by atoms with Gasteiger partial charge in [-0.2, -0.15) is 0 Å². The van der Waals surface area contributed by atoms with E-state index >= 15 is 0 Å². The number of carbonyl (C=O) groups is 4. The zero-order valence-electron chi connectivity index (χ0n) is 39.9. The molecule has 0 saturated carbocycles. The molecule has 4 rings (SSSR count). The van der Waals surface area contributed by atoms with Crippen LogP contribution in [0.4, 0.5) is 0 Å². The van der Waals surface area contributed by atoms with Crippen LogP contribution in [0.25, 0.3) is 0 Å². The Morgan fingerprint density at radius 3 is 2.11 bits per heavy atom. The predicted octanol–water partition coefficient (Wildman–Crippen LogP) is 3.47. The molecule has 0 radical (unpaired) electrons. The van der Waals surface area contributed by atoms with Crippen molar-refractivity contribution in [3.63, 3.8) is 0 Å². The molecule has 0 aromatic heterocycles. The third-order valence-electron chi connectivity index (χ3n) is 13.6. The molecule has 1 aromatic carbocycles. The van der Waals surface area contributed by atoms with Gasteiger partial charge in [0.25, 0.3) is 0 Å². The van der Waals surface area contributed by atoms with Gasteiger partial charge in [0.05, 0.1) is 42.0 Å². The lowest BCUT2D eigenvalue weighted by Gasteiger charge is -2.49. The van der Waals surface area contributed by atoms with Gasteiger partial charge in [0.2, 0.25) is 0 Å². The first-order chi connectivity index (χ1) is 29.8. The number of likely N-dealkylation sites (N-methyl/N-ethyl adjacent to an activating group) is 1. The minimum Gasteiger partial charge on any atom is -0.460 e. The average Bonchev–Trinajstić information content (AvgIpc) is 3.23. The number of esters is 3. The van der Waals surface area contributed by atoms with Gasteiger partial charge in [0.1, 0.15) is 42.2 Å². The number of carbonyl (C=O) groups excluding carboxylic acids is 4. The molecular weight excluding hydrogens is 835 g/mol. The lowest BCUT2D eigenvalue weighted by Crippen LogP contribution is -2.61. The van der Waals surface area contributed by atoms with E-state index in [9.17, 15) is 39.6 Å². The van der Waals surface area contributed by atoms with Crippen molar-refractivity contribution in [3.05, 3.63) is 35.9 Å². The number of benzene rings is 1. The quantitative estimate of drug-likeness (QED) is 0.134. The number of aliphatic hydroxyl groups is 4. The highest BCUT2D eigenvalue weighted by atomic mass is 16.7. The Kier molecular flexibility index (Phi) is 18.5. The van der Waals surface area contributed by atoms with E-state index in [1.54, 1.807) is 65.8 Å². The summed E-state index contributed by atoms with van der Waals surface area (Å²) in [6.45, 7) is 16.0. The molecule has 64 heavy (non-hydrogen) atoms. The normalized spacial score (nSPS) is 41.8. The zero-order chi connectivity index (χ0) is 48.1. The number of nitrogens with zero attached hydrogens (tertiary/aromatic N) is 1. The van der Waals surface area contributed by atoms with Crippen LogP contribution in [0.3, 0.4) is 0 Å². The summed E-state index contributed by atoms with van der Waals surface area (Å²) in [4.78, 5) is 55.9. The van der Waals surface area contributed by atoms with Crippen LogP contribution >= 0.6 is 0 Å². The second kappa shape index (κ2) is 22.1. The third kappa shape index (κ3) is 12.7. The van der Waals surface area contributed by atoms with Gasteiger partial charge in [-0.05, 0) is 80.5 Å². The number of methoxy groups -OCH3 is 1. The number of hydrogen-bond donors (Lipinski definition) is 4. The highest BCUT2D eigenvalue weighted by molar-refractivity contribution is 5.91. The van der Waals surface area contributed by atoms with E-state index in [2.05, 4.69) is 0 Å². The second-order valence-electron chi connectivity index (χ2n) is 19.3. The van der Waals surface area contributed by atoms with E-state index in [1.165, 1.54) is 27.9 Å². The maximum absolute atomic E-state index is 14.4. The van der Waals surface area contributed by atoms with Crippen molar-refractivity contribution in [1.82, 2.24) is 4.90 Å².